The Morgan fingerprint density at radius 2 is 1.34 bits per heavy atom. The summed E-state index contributed by atoms with van der Waals surface area (Å²) in [7, 11) is 0. The van der Waals surface area contributed by atoms with E-state index < -0.39 is 5.79 Å². The zero-order chi connectivity index (χ0) is 26.6. The molecule has 0 aromatic heterocycles. The van der Waals surface area contributed by atoms with Crippen molar-refractivity contribution in [2.24, 2.45) is 5.92 Å². The van der Waals surface area contributed by atoms with E-state index in [4.69, 9.17) is 23.7 Å². The summed E-state index contributed by atoms with van der Waals surface area (Å²) < 4.78 is 31.9. The fourth-order valence-corrected chi connectivity index (χ4v) is 4.74. The van der Waals surface area contributed by atoms with E-state index in [9.17, 15) is 0 Å². The predicted octanol–water partition coefficient (Wildman–Crippen LogP) is 6.72. The minimum absolute atomic E-state index is 0.00742. The SMILES string of the molecule is C=CC[C@@H](COCc1ccccc1)[C@@H](OCc1ccccc1)[C@H](OCc1ccccc1)[C@@H]1COC(C)(C)O1. The fourth-order valence-electron chi connectivity index (χ4n) is 4.74. The highest BCUT2D eigenvalue weighted by molar-refractivity contribution is 5.15. The van der Waals surface area contributed by atoms with Crippen molar-refractivity contribution in [3.63, 3.8) is 0 Å². The molecule has 0 bridgehead atoms. The first kappa shape index (κ1) is 28.2. The van der Waals surface area contributed by atoms with Crippen LogP contribution in [0.15, 0.2) is 104 Å². The number of allylic oxidation sites excluding steroid dienone is 1. The minimum atomic E-state index is -0.680. The van der Waals surface area contributed by atoms with E-state index in [1.54, 1.807) is 0 Å². The third-order valence-electron chi connectivity index (χ3n) is 6.67. The number of benzene rings is 3. The van der Waals surface area contributed by atoms with Gasteiger partial charge in [-0.15, -0.1) is 6.58 Å². The molecule has 0 amide bonds. The van der Waals surface area contributed by atoms with E-state index in [0.29, 0.717) is 33.0 Å². The van der Waals surface area contributed by atoms with Crippen molar-refractivity contribution in [3.8, 4) is 0 Å². The van der Waals surface area contributed by atoms with Gasteiger partial charge in [0.1, 0.15) is 12.2 Å². The van der Waals surface area contributed by atoms with Crippen LogP contribution in [-0.2, 0) is 43.5 Å². The van der Waals surface area contributed by atoms with Crippen molar-refractivity contribution < 1.29 is 23.7 Å². The zero-order valence-electron chi connectivity index (χ0n) is 22.5. The first-order valence-electron chi connectivity index (χ1n) is 13.4. The summed E-state index contributed by atoms with van der Waals surface area (Å²) in [6.45, 7) is 10.3. The van der Waals surface area contributed by atoms with Crippen LogP contribution >= 0.6 is 0 Å². The van der Waals surface area contributed by atoms with Gasteiger partial charge >= 0.3 is 0 Å². The molecule has 0 saturated carbocycles. The molecule has 38 heavy (non-hydrogen) atoms. The van der Waals surface area contributed by atoms with Crippen molar-refractivity contribution in [1.29, 1.82) is 0 Å². The van der Waals surface area contributed by atoms with Gasteiger partial charge in [0.05, 0.1) is 39.1 Å². The van der Waals surface area contributed by atoms with E-state index in [1.807, 2.05) is 74.5 Å². The fraction of sp³-hybridized carbons (Fsp3) is 0.394. The molecule has 0 spiro atoms. The summed E-state index contributed by atoms with van der Waals surface area (Å²) in [6.07, 6.45) is 1.69. The van der Waals surface area contributed by atoms with Crippen LogP contribution in [0, 0.1) is 5.92 Å². The summed E-state index contributed by atoms with van der Waals surface area (Å²) in [5.41, 5.74) is 3.33. The second-order valence-corrected chi connectivity index (χ2v) is 10.2. The summed E-state index contributed by atoms with van der Waals surface area (Å²) in [4.78, 5) is 0. The van der Waals surface area contributed by atoms with Crippen LogP contribution in [0.25, 0.3) is 0 Å². The van der Waals surface area contributed by atoms with Gasteiger partial charge in [-0.1, -0.05) is 97.1 Å². The molecule has 0 unspecified atom stereocenters. The van der Waals surface area contributed by atoms with Gasteiger partial charge in [0.2, 0.25) is 0 Å². The maximum absolute atomic E-state index is 6.69. The Morgan fingerprint density at radius 1 is 0.816 bits per heavy atom. The highest BCUT2D eigenvalue weighted by Gasteiger charge is 2.44. The van der Waals surface area contributed by atoms with Crippen molar-refractivity contribution >= 4 is 0 Å². The molecule has 1 saturated heterocycles. The van der Waals surface area contributed by atoms with E-state index in [2.05, 4.69) is 43.0 Å². The first-order chi connectivity index (χ1) is 18.5. The molecule has 4 rings (SSSR count). The summed E-state index contributed by atoms with van der Waals surface area (Å²) in [6, 6.07) is 30.6. The Morgan fingerprint density at radius 3 is 1.84 bits per heavy atom. The van der Waals surface area contributed by atoms with Gasteiger partial charge in [-0.05, 0) is 37.0 Å². The molecule has 5 heteroatoms. The van der Waals surface area contributed by atoms with Crippen LogP contribution in [-0.4, -0.2) is 37.3 Å². The lowest BCUT2D eigenvalue weighted by Crippen LogP contribution is -2.48. The lowest BCUT2D eigenvalue weighted by Gasteiger charge is -2.36. The molecule has 5 nitrogen and oxygen atoms in total. The Bertz CT molecular complexity index is 1070. The molecule has 4 atom stereocenters. The highest BCUT2D eigenvalue weighted by atomic mass is 16.8. The number of hydrogen-bond acceptors (Lipinski definition) is 5. The highest BCUT2D eigenvalue weighted by Crippen LogP contribution is 2.32. The van der Waals surface area contributed by atoms with Crippen LogP contribution in [0.5, 0.6) is 0 Å². The van der Waals surface area contributed by atoms with Gasteiger partial charge in [-0.2, -0.15) is 0 Å². The molecular formula is C33H40O5. The van der Waals surface area contributed by atoms with E-state index in [-0.39, 0.29) is 24.2 Å². The van der Waals surface area contributed by atoms with Crippen LogP contribution in [0.1, 0.15) is 37.0 Å². The van der Waals surface area contributed by atoms with Crippen molar-refractivity contribution in [2.45, 2.75) is 64.2 Å². The quantitative estimate of drug-likeness (QED) is 0.210. The summed E-state index contributed by atoms with van der Waals surface area (Å²) >= 11 is 0. The van der Waals surface area contributed by atoms with Crippen LogP contribution in [0.4, 0.5) is 0 Å². The van der Waals surface area contributed by atoms with Gasteiger partial charge in [0, 0.05) is 5.92 Å². The van der Waals surface area contributed by atoms with Gasteiger partial charge in [-0.25, -0.2) is 0 Å². The molecule has 202 valence electrons. The second-order valence-electron chi connectivity index (χ2n) is 10.2. The standard InChI is InChI=1S/C33H40O5/c1-4-14-29(24-34-21-26-15-8-5-9-16-26)31(35-22-27-17-10-6-11-18-27)32(30-25-37-33(2,3)38-30)36-23-28-19-12-7-13-20-28/h4-13,15-20,29-32H,1,14,21-25H2,2-3H3/t29-,30-,31+,32+/m0/s1. The summed E-state index contributed by atoms with van der Waals surface area (Å²) in [5, 5.41) is 0. The van der Waals surface area contributed by atoms with E-state index >= 15 is 0 Å². The Balaban J connectivity index is 1.56. The number of rotatable bonds is 15. The molecule has 0 radical (unpaired) electrons. The van der Waals surface area contributed by atoms with E-state index in [0.717, 1.165) is 23.1 Å². The summed E-state index contributed by atoms with van der Waals surface area (Å²) in [5.74, 6) is -0.672. The van der Waals surface area contributed by atoms with E-state index in [1.165, 1.54) is 0 Å². The van der Waals surface area contributed by atoms with Crippen LogP contribution in [0.2, 0.25) is 0 Å². The largest absolute Gasteiger partial charge is 0.376 e. The molecule has 0 N–H and O–H groups in total. The number of hydrogen-bond donors (Lipinski definition) is 0. The smallest absolute Gasteiger partial charge is 0.163 e. The maximum Gasteiger partial charge on any atom is 0.163 e. The van der Waals surface area contributed by atoms with Crippen molar-refractivity contribution in [1.82, 2.24) is 0 Å². The molecule has 3 aromatic carbocycles. The van der Waals surface area contributed by atoms with Crippen molar-refractivity contribution in [3.05, 3.63) is 120 Å². The van der Waals surface area contributed by atoms with Crippen LogP contribution < -0.4 is 0 Å². The van der Waals surface area contributed by atoms with Gasteiger partial charge in [-0.3, -0.25) is 0 Å². The number of ether oxygens (including phenoxy) is 5. The second kappa shape index (κ2) is 14.4. The molecule has 1 heterocycles. The van der Waals surface area contributed by atoms with Gasteiger partial charge < -0.3 is 23.7 Å². The van der Waals surface area contributed by atoms with Gasteiger partial charge in [0.25, 0.3) is 0 Å². The lowest BCUT2D eigenvalue weighted by molar-refractivity contribution is -0.190. The Labute approximate surface area is 227 Å². The lowest BCUT2D eigenvalue weighted by atomic mass is 9.92. The average Bonchev–Trinajstić information content (AvgIpc) is 3.31. The maximum atomic E-state index is 6.69. The van der Waals surface area contributed by atoms with Gasteiger partial charge in [0.15, 0.2) is 5.79 Å². The molecular weight excluding hydrogens is 476 g/mol. The predicted molar refractivity (Wildman–Crippen MR) is 149 cm³/mol. The molecule has 1 aliphatic rings. The molecule has 1 fully saturated rings. The Hall–Kier alpha value is -2.80. The molecule has 1 aliphatic heterocycles. The third-order valence-corrected chi connectivity index (χ3v) is 6.67. The normalized spacial score (nSPS) is 19.1. The minimum Gasteiger partial charge on any atom is -0.376 e. The molecule has 0 aliphatic carbocycles. The monoisotopic (exact) mass is 516 g/mol. The first-order valence-corrected chi connectivity index (χ1v) is 13.4. The Kier molecular flexibility index (Phi) is 10.7. The van der Waals surface area contributed by atoms with Crippen molar-refractivity contribution in [2.75, 3.05) is 13.2 Å². The third kappa shape index (κ3) is 8.62. The topological polar surface area (TPSA) is 46.2 Å². The van der Waals surface area contributed by atoms with Crippen LogP contribution in [0.3, 0.4) is 0 Å². The molecule has 3 aromatic rings. The zero-order valence-corrected chi connectivity index (χ0v) is 22.5. The average molecular weight is 517 g/mol.